The summed E-state index contributed by atoms with van der Waals surface area (Å²) in [6.07, 6.45) is 1.57. The number of nitrogens with one attached hydrogen (secondary N) is 1. The summed E-state index contributed by atoms with van der Waals surface area (Å²) < 4.78 is 35.2. The van der Waals surface area contributed by atoms with Gasteiger partial charge < -0.3 is 5.32 Å². The molecule has 0 aliphatic carbocycles. The lowest BCUT2D eigenvalue weighted by Crippen LogP contribution is -2.15. The van der Waals surface area contributed by atoms with Crippen molar-refractivity contribution < 1.29 is 17.8 Å². The molecule has 0 radical (unpaired) electrons. The number of hydrogen-bond acceptors (Lipinski definition) is 8. The normalized spacial score (nSPS) is 12.3. The number of anilines is 1. The van der Waals surface area contributed by atoms with Crippen molar-refractivity contribution in [1.82, 2.24) is 20.0 Å². The molecule has 0 saturated heterocycles. The van der Waals surface area contributed by atoms with E-state index in [1.54, 1.807) is 6.26 Å². The summed E-state index contributed by atoms with van der Waals surface area (Å²) in [6, 6.07) is 3.99. The quantitative estimate of drug-likeness (QED) is 0.624. The molecule has 1 aromatic carbocycles. The van der Waals surface area contributed by atoms with Gasteiger partial charge in [0, 0.05) is 29.4 Å². The van der Waals surface area contributed by atoms with E-state index in [2.05, 4.69) is 36.7 Å². The molecule has 1 atom stereocenters. The molecule has 2 aromatic heterocycles. The van der Waals surface area contributed by atoms with E-state index in [4.69, 9.17) is 9.15 Å². The molecule has 3 rings (SSSR count). The first-order chi connectivity index (χ1) is 12.0. The van der Waals surface area contributed by atoms with Crippen LogP contribution in [-0.4, -0.2) is 42.8 Å². The predicted molar refractivity (Wildman–Crippen MR) is 90.5 cm³/mol. The van der Waals surface area contributed by atoms with E-state index in [0.717, 1.165) is 4.57 Å². The van der Waals surface area contributed by atoms with Crippen LogP contribution in [0.3, 0.4) is 0 Å². The maximum Gasteiger partial charge on any atom is 0.446 e. The molecule has 3 aromatic rings. The molecule has 0 amide bonds. The van der Waals surface area contributed by atoms with Crippen molar-refractivity contribution in [2.75, 3.05) is 23.9 Å². The molecule has 2 heterocycles. The summed E-state index contributed by atoms with van der Waals surface area (Å²) >= 11 is 3.06. The van der Waals surface area contributed by atoms with E-state index in [-0.39, 0.29) is 21.8 Å². The van der Waals surface area contributed by atoms with Gasteiger partial charge >= 0.3 is 5.76 Å². The second-order valence-corrected chi connectivity index (χ2v) is 7.28. The Balaban J connectivity index is 2.00. The van der Waals surface area contributed by atoms with Crippen molar-refractivity contribution in [3.8, 4) is 17.2 Å². The maximum atomic E-state index is 13.4. The van der Waals surface area contributed by atoms with Gasteiger partial charge in [-0.2, -0.15) is 0 Å². The van der Waals surface area contributed by atoms with Gasteiger partial charge in [-0.05, 0) is 44.4 Å². The Labute approximate surface area is 150 Å². The van der Waals surface area contributed by atoms with Gasteiger partial charge in [0.25, 0.3) is 0 Å². The lowest BCUT2D eigenvalue weighted by atomic mass is 10.3. The highest BCUT2D eigenvalue weighted by Crippen LogP contribution is 2.25. The Morgan fingerprint density at radius 1 is 1.36 bits per heavy atom. The second-order valence-electron chi connectivity index (χ2n) is 4.87. The third kappa shape index (κ3) is 3.69. The molecule has 1 N–H and O–H groups in total. The van der Waals surface area contributed by atoms with Crippen LogP contribution in [-0.2, 0) is 10.8 Å². The predicted octanol–water partition coefficient (Wildman–Crippen LogP) is 1.57. The number of benzene rings is 1. The summed E-state index contributed by atoms with van der Waals surface area (Å²) in [7, 11) is -0.984. The van der Waals surface area contributed by atoms with Gasteiger partial charge in [0.15, 0.2) is 5.69 Å². The standard InChI is InChI=1S/C13H11BrFN5O4S/c1-25(22)5-4-16-11-10(17-24-18-11)12-19-23-13(21)20(12)7-2-3-9(15)8(14)6-7/h2-3,6H,4-5H2,1H3,(H,16,18). The Hall–Kier alpha value is -2.34. The van der Waals surface area contributed by atoms with E-state index in [1.807, 2.05) is 0 Å². The summed E-state index contributed by atoms with van der Waals surface area (Å²) in [5, 5.41) is 14.0. The molecule has 1 unspecified atom stereocenters. The molecule has 0 bridgehead atoms. The van der Waals surface area contributed by atoms with E-state index in [1.165, 1.54) is 18.2 Å². The first kappa shape index (κ1) is 17.5. The van der Waals surface area contributed by atoms with Crippen LogP contribution in [0.1, 0.15) is 0 Å². The monoisotopic (exact) mass is 431 g/mol. The summed E-state index contributed by atoms with van der Waals surface area (Å²) in [6.45, 7) is 0.356. The molecule has 0 aliphatic heterocycles. The smallest absolute Gasteiger partial charge is 0.364 e. The van der Waals surface area contributed by atoms with Crippen LogP contribution in [0.2, 0.25) is 0 Å². The fourth-order valence-electron chi connectivity index (χ4n) is 2.02. The van der Waals surface area contributed by atoms with Crippen LogP contribution in [0.5, 0.6) is 0 Å². The molecular formula is C13H11BrFN5O4S. The topological polar surface area (TPSA) is 116 Å². The Morgan fingerprint density at radius 2 is 2.16 bits per heavy atom. The molecule has 0 saturated carbocycles. The van der Waals surface area contributed by atoms with Crippen LogP contribution < -0.4 is 11.1 Å². The number of rotatable bonds is 6. The van der Waals surface area contributed by atoms with E-state index in [9.17, 15) is 13.4 Å². The Bertz CT molecular complexity index is 985. The van der Waals surface area contributed by atoms with Crippen LogP contribution in [0.25, 0.3) is 17.2 Å². The van der Waals surface area contributed by atoms with Gasteiger partial charge in [-0.1, -0.05) is 5.16 Å². The number of hydrogen-bond donors (Lipinski definition) is 1. The first-order valence-electron chi connectivity index (χ1n) is 6.88. The fraction of sp³-hybridized carbons (Fsp3) is 0.231. The third-order valence-electron chi connectivity index (χ3n) is 3.15. The zero-order chi connectivity index (χ0) is 18.0. The third-order valence-corrected chi connectivity index (χ3v) is 4.54. The van der Waals surface area contributed by atoms with Crippen molar-refractivity contribution in [1.29, 1.82) is 0 Å². The molecule has 0 fully saturated rings. The molecule has 25 heavy (non-hydrogen) atoms. The van der Waals surface area contributed by atoms with E-state index < -0.39 is 22.4 Å². The first-order valence-corrected chi connectivity index (χ1v) is 9.40. The van der Waals surface area contributed by atoms with Crippen LogP contribution in [0.15, 0.2) is 36.6 Å². The van der Waals surface area contributed by atoms with Gasteiger partial charge in [0.2, 0.25) is 11.6 Å². The van der Waals surface area contributed by atoms with Gasteiger partial charge in [-0.3, -0.25) is 8.73 Å². The average molecular weight is 432 g/mol. The molecule has 0 aliphatic rings. The highest BCUT2D eigenvalue weighted by atomic mass is 79.9. The Kier molecular flexibility index (Phi) is 5.08. The summed E-state index contributed by atoms with van der Waals surface area (Å²) in [5.74, 6) is -0.619. The van der Waals surface area contributed by atoms with Crippen molar-refractivity contribution in [2.24, 2.45) is 0 Å². The van der Waals surface area contributed by atoms with Crippen LogP contribution in [0.4, 0.5) is 10.2 Å². The molecular weight excluding hydrogens is 421 g/mol. The van der Waals surface area contributed by atoms with Gasteiger partial charge in [0.05, 0.1) is 10.2 Å². The number of halogens is 2. The lowest BCUT2D eigenvalue weighted by Gasteiger charge is -2.05. The molecule has 9 nitrogen and oxygen atoms in total. The minimum Gasteiger partial charge on any atom is -0.364 e. The zero-order valence-electron chi connectivity index (χ0n) is 12.7. The number of aromatic nitrogens is 4. The maximum absolute atomic E-state index is 13.4. The summed E-state index contributed by atoms with van der Waals surface area (Å²) in [4.78, 5) is 12.0. The highest BCUT2D eigenvalue weighted by molar-refractivity contribution is 9.10. The van der Waals surface area contributed by atoms with Gasteiger partial charge in [-0.15, -0.1) is 0 Å². The van der Waals surface area contributed by atoms with E-state index in [0.29, 0.717) is 18.0 Å². The van der Waals surface area contributed by atoms with E-state index >= 15 is 0 Å². The zero-order valence-corrected chi connectivity index (χ0v) is 15.1. The fourth-order valence-corrected chi connectivity index (χ4v) is 2.77. The van der Waals surface area contributed by atoms with Crippen molar-refractivity contribution in [3.63, 3.8) is 0 Å². The second kappa shape index (κ2) is 7.27. The van der Waals surface area contributed by atoms with Crippen molar-refractivity contribution in [3.05, 3.63) is 39.0 Å². The minimum atomic E-state index is -0.984. The van der Waals surface area contributed by atoms with Crippen molar-refractivity contribution in [2.45, 2.75) is 0 Å². The Morgan fingerprint density at radius 3 is 2.88 bits per heavy atom. The van der Waals surface area contributed by atoms with Crippen molar-refractivity contribution >= 4 is 32.5 Å². The highest BCUT2D eigenvalue weighted by Gasteiger charge is 2.23. The van der Waals surface area contributed by atoms with Gasteiger partial charge in [0.1, 0.15) is 5.82 Å². The SMILES string of the molecule is CS(=O)CCNc1nonc1-c1noc(=O)n1-c1ccc(F)c(Br)c1. The van der Waals surface area contributed by atoms with Gasteiger partial charge in [-0.25, -0.2) is 18.4 Å². The largest absolute Gasteiger partial charge is 0.446 e. The molecule has 132 valence electrons. The summed E-state index contributed by atoms with van der Waals surface area (Å²) in [5.41, 5.74) is 0.450. The van der Waals surface area contributed by atoms with Crippen LogP contribution >= 0.6 is 15.9 Å². The molecule has 12 heteroatoms. The number of nitrogens with zero attached hydrogens (tertiary/aromatic N) is 4. The van der Waals surface area contributed by atoms with Crippen LogP contribution in [0, 0.1) is 5.82 Å². The molecule has 0 spiro atoms. The minimum absolute atomic E-state index is 0.0323. The average Bonchev–Trinajstić information content (AvgIpc) is 3.16. The lowest BCUT2D eigenvalue weighted by molar-refractivity contribution is 0.309.